The summed E-state index contributed by atoms with van der Waals surface area (Å²) in [6, 6.07) is 19.1. The molecule has 0 aliphatic carbocycles. The minimum absolute atomic E-state index is 0.0685. The zero-order valence-corrected chi connectivity index (χ0v) is 18.6. The molecule has 0 N–H and O–H groups in total. The van der Waals surface area contributed by atoms with Crippen LogP contribution in [0.1, 0.15) is 5.56 Å². The van der Waals surface area contributed by atoms with Crippen molar-refractivity contribution in [2.75, 3.05) is 19.0 Å². The number of hydrogen-bond donors (Lipinski definition) is 0. The molecule has 3 aromatic carbocycles. The third kappa shape index (κ3) is 2.81. The quantitative estimate of drug-likeness (QED) is 0.257. The second-order valence-corrected chi connectivity index (χ2v) is 8.99. The number of urea groups is 1. The number of ether oxygens (including phenoxy) is 1. The number of likely N-dealkylation sites (N-methyl/N-ethyl adjacent to an activating group) is 2. The Morgan fingerprint density at radius 3 is 2.21 bits per heavy atom. The zero-order chi connectivity index (χ0) is 22.9. The number of hydrogen-bond acceptors (Lipinski definition) is 6. The van der Waals surface area contributed by atoms with E-state index in [0.29, 0.717) is 11.3 Å². The summed E-state index contributed by atoms with van der Waals surface area (Å²) in [5.41, 5.74) is 3.51. The third-order valence-electron chi connectivity index (χ3n) is 5.89. The highest BCUT2D eigenvalue weighted by atomic mass is 32.2. The Kier molecular flexibility index (Phi) is 4.15. The molecule has 33 heavy (non-hydrogen) atoms. The predicted octanol–water partition coefficient (Wildman–Crippen LogP) is 5.16. The summed E-state index contributed by atoms with van der Waals surface area (Å²) >= 11 is 1.61. The van der Waals surface area contributed by atoms with Gasteiger partial charge in [0.15, 0.2) is 11.5 Å². The second kappa shape index (κ2) is 6.98. The molecule has 3 heterocycles. The fourth-order valence-corrected chi connectivity index (χ4v) is 5.40. The van der Waals surface area contributed by atoms with Crippen LogP contribution in [0.4, 0.5) is 21.9 Å². The molecular weight excluding hydrogens is 438 g/mol. The van der Waals surface area contributed by atoms with Gasteiger partial charge in [-0.2, -0.15) is 0 Å². The molecule has 3 aliphatic rings. The van der Waals surface area contributed by atoms with Crippen molar-refractivity contribution in [2.45, 2.75) is 9.79 Å². The van der Waals surface area contributed by atoms with Gasteiger partial charge in [0, 0.05) is 23.9 Å². The van der Waals surface area contributed by atoms with Gasteiger partial charge in [0.1, 0.15) is 11.3 Å². The minimum atomic E-state index is -0.648. The Balaban J connectivity index is 1.53. The highest BCUT2D eigenvalue weighted by molar-refractivity contribution is 7.99. The van der Waals surface area contributed by atoms with Crippen LogP contribution in [-0.2, 0) is 9.59 Å². The molecule has 0 atom stereocenters. The van der Waals surface area contributed by atoms with E-state index < -0.39 is 17.8 Å². The van der Waals surface area contributed by atoms with Crippen LogP contribution in [0.5, 0.6) is 11.5 Å². The van der Waals surface area contributed by atoms with Gasteiger partial charge in [0.25, 0.3) is 11.8 Å². The Morgan fingerprint density at radius 1 is 0.788 bits per heavy atom. The van der Waals surface area contributed by atoms with Crippen molar-refractivity contribution in [2.24, 2.45) is 0 Å². The molecule has 3 aliphatic heterocycles. The zero-order valence-electron chi connectivity index (χ0n) is 17.7. The largest absolute Gasteiger partial charge is 0.453 e. The van der Waals surface area contributed by atoms with Crippen molar-refractivity contribution in [3.63, 3.8) is 0 Å². The monoisotopic (exact) mass is 455 g/mol. The van der Waals surface area contributed by atoms with Crippen LogP contribution in [0.25, 0.3) is 6.08 Å². The maximum atomic E-state index is 12.7. The maximum Gasteiger partial charge on any atom is 0.333 e. The average molecular weight is 455 g/mol. The normalized spacial score (nSPS) is 16.2. The van der Waals surface area contributed by atoms with Crippen molar-refractivity contribution in [1.82, 2.24) is 9.80 Å². The number of fused-ring (bicyclic) bond motifs is 4. The van der Waals surface area contributed by atoms with Crippen LogP contribution in [0.15, 0.2) is 76.0 Å². The smallest absolute Gasteiger partial charge is 0.333 e. The van der Waals surface area contributed by atoms with E-state index in [1.807, 2.05) is 48.5 Å². The highest BCUT2D eigenvalue weighted by Gasteiger charge is 2.38. The first-order valence-electron chi connectivity index (χ1n) is 10.3. The van der Waals surface area contributed by atoms with Crippen LogP contribution >= 0.6 is 11.8 Å². The number of barbiturate groups is 1. The fourth-order valence-electron chi connectivity index (χ4n) is 4.27. The number of carbonyl (C=O) groups excluding carboxylic acids is 3. The van der Waals surface area contributed by atoms with E-state index >= 15 is 0 Å². The average Bonchev–Trinajstić information content (AvgIpc) is 2.84. The van der Waals surface area contributed by atoms with Crippen LogP contribution in [0, 0.1) is 0 Å². The van der Waals surface area contributed by atoms with E-state index in [1.165, 1.54) is 20.2 Å². The number of carbonyl (C=O) groups is 3. The molecule has 0 spiro atoms. The molecule has 1 saturated heterocycles. The molecule has 0 aromatic heterocycles. The Hall–Kier alpha value is -4.04. The van der Waals surface area contributed by atoms with Crippen molar-refractivity contribution >= 4 is 52.7 Å². The van der Waals surface area contributed by atoms with E-state index in [0.717, 1.165) is 42.4 Å². The van der Waals surface area contributed by atoms with Gasteiger partial charge < -0.3 is 9.64 Å². The molecule has 3 aromatic rings. The van der Waals surface area contributed by atoms with Gasteiger partial charge in [-0.25, -0.2) is 4.79 Å². The van der Waals surface area contributed by atoms with Crippen LogP contribution in [0.2, 0.25) is 0 Å². The van der Waals surface area contributed by atoms with E-state index in [9.17, 15) is 14.4 Å². The van der Waals surface area contributed by atoms with Crippen molar-refractivity contribution < 1.29 is 19.1 Å². The molecule has 4 amide bonds. The molecule has 7 nitrogen and oxygen atoms in total. The molecule has 6 rings (SSSR count). The van der Waals surface area contributed by atoms with Crippen LogP contribution in [0.3, 0.4) is 0 Å². The molecule has 1 fully saturated rings. The molecule has 0 radical (unpaired) electrons. The molecule has 0 saturated carbocycles. The summed E-state index contributed by atoms with van der Waals surface area (Å²) in [5, 5.41) is 0. The van der Waals surface area contributed by atoms with Gasteiger partial charge >= 0.3 is 6.03 Å². The standard InChI is InChI=1S/C25H17N3O4S/c1-26-23(29)15(24(30)27(2)25(26)31)11-14-12-19-22-21(13-14)33-20-10-6-4-8-17(20)28(22)16-7-3-5-9-18(16)32-19/h3-13H,1-2H3. The SMILES string of the molecule is CN1C(=O)C(=Cc2cc3c4c(c2)Sc2ccccc2N4c2ccccc2O3)C(=O)N(C)C1=O. The Labute approximate surface area is 193 Å². The van der Waals surface area contributed by atoms with Gasteiger partial charge in [0.2, 0.25) is 0 Å². The third-order valence-corrected chi connectivity index (χ3v) is 6.99. The molecule has 0 bridgehead atoms. The molecule has 0 unspecified atom stereocenters. The van der Waals surface area contributed by atoms with E-state index in [1.54, 1.807) is 11.8 Å². The first-order chi connectivity index (χ1) is 15.9. The van der Waals surface area contributed by atoms with Crippen molar-refractivity contribution in [1.29, 1.82) is 0 Å². The van der Waals surface area contributed by atoms with Gasteiger partial charge in [-0.15, -0.1) is 0 Å². The van der Waals surface area contributed by atoms with Gasteiger partial charge in [0.05, 0.1) is 11.4 Å². The number of imide groups is 2. The predicted molar refractivity (Wildman–Crippen MR) is 124 cm³/mol. The number of amides is 4. The van der Waals surface area contributed by atoms with E-state index in [2.05, 4.69) is 17.0 Å². The highest BCUT2D eigenvalue weighted by Crippen LogP contribution is 2.59. The minimum Gasteiger partial charge on any atom is -0.453 e. The van der Waals surface area contributed by atoms with Gasteiger partial charge in [-0.3, -0.25) is 19.4 Å². The maximum absolute atomic E-state index is 12.7. The Bertz CT molecular complexity index is 1330. The lowest BCUT2D eigenvalue weighted by atomic mass is 10.0. The van der Waals surface area contributed by atoms with Gasteiger partial charge in [-0.1, -0.05) is 36.0 Å². The molecular formula is C25H17N3O4S. The fraction of sp³-hybridized carbons (Fsp3) is 0.0800. The van der Waals surface area contributed by atoms with Crippen LogP contribution in [-0.4, -0.2) is 41.7 Å². The number of nitrogens with zero attached hydrogens (tertiary/aromatic N) is 3. The topological polar surface area (TPSA) is 70.2 Å². The summed E-state index contributed by atoms with van der Waals surface area (Å²) in [7, 11) is 2.73. The lowest BCUT2D eigenvalue weighted by molar-refractivity contribution is -0.134. The number of para-hydroxylation sites is 3. The second-order valence-electron chi connectivity index (χ2n) is 7.91. The number of anilines is 3. The summed E-state index contributed by atoms with van der Waals surface area (Å²) in [5.74, 6) is 0.103. The lowest BCUT2D eigenvalue weighted by Crippen LogP contribution is -2.52. The summed E-state index contributed by atoms with van der Waals surface area (Å²) in [6.07, 6.45) is 1.52. The van der Waals surface area contributed by atoms with Crippen molar-refractivity contribution in [3.05, 3.63) is 71.8 Å². The molecule has 8 heteroatoms. The number of rotatable bonds is 1. The van der Waals surface area contributed by atoms with Crippen molar-refractivity contribution in [3.8, 4) is 11.5 Å². The molecule has 162 valence electrons. The summed E-state index contributed by atoms with van der Waals surface area (Å²) < 4.78 is 6.25. The van der Waals surface area contributed by atoms with E-state index in [4.69, 9.17) is 4.74 Å². The van der Waals surface area contributed by atoms with Gasteiger partial charge in [-0.05, 0) is 48.0 Å². The van der Waals surface area contributed by atoms with E-state index in [-0.39, 0.29) is 5.57 Å². The first-order valence-corrected chi connectivity index (χ1v) is 11.1. The number of benzene rings is 3. The Morgan fingerprint density at radius 2 is 1.45 bits per heavy atom. The lowest BCUT2D eigenvalue weighted by Gasteiger charge is -2.38. The summed E-state index contributed by atoms with van der Waals surface area (Å²) in [6.45, 7) is 0. The summed E-state index contributed by atoms with van der Waals surface area (Å²) in [4.78, 5) is 43.5. The first kappa shape index (κ1) is 19.6. The van der Waals surface area contributed by atoms with Crippen LogP contribution < -0.4 is 9.64 Å².